The van der Waals surface area contributed by atoms with Gasteiger partial charge in [0.25, 0.3) is 0 Å². The van der Waals surface area contributed by atoms with Crippen LogP contribution in [0.2, 0.25) is 0 Å². The standard InChI is InChI=1S/C31H32FN5O5/c1-17-6-5-7-18-12-21(39)13-22(24(17)18)26-25(32)27-23(14-33-26)28(35-29(34-27)41-11-10-38)36-15-19-8-9-20(16-36)37(19)30(40)42-31(2,3)4/h5-7,10,12-14,19-20,39H,8-9,11,15-16H2,1-4H3. The van der Waals surface area contributed by atoms with Crippen LogP contribution in [0, 0.1) is 12.7 Å². The van der Waals surface area contributed by atoms with Gasteiger partial charge in [0.2, 0.25) is 0 Å². The molecule has 0 spiro atoms. The van der Waals surface area contributed by atoms with E-state index in [4.69, 9.17) is 9.47 Å². The highest BCUT2D eigenvalue weighted by molar-refractivity contribution is 6.01. The van der Waals surface area contributed by atoms with Crippen LogP contribution in [0.4, 0.5) is 15.0 Å². The molecule has 4 aromatic rings. The predicted molar refractivity (Wildman–Crippen MR) is 155 cm³/mol. The quantitative estimate of drug-likeness (QED) is 0.323. The second-order valence-electron chi connectivity index (χ2n) is 11.8. The number of benzene rings is 2. The van der Waals surface area contributed by atoms with Gasteiger partial charge in [0, 0.05) is 24.8 Å². The highest BCUT2D eigenvalue weighted by Crippen LogP contribution is 2.40. The molecule has 2 aliphatic heterocycles. The fourth-order valence-electron chi connectivity index (χ4n) is 6.10. The van der Waals surface area contributed by atoms with Crippen molar-refractivity contribution >= 4 is 39.9 Å². The van der Waals surface area contributed by atoms with Gasteiger partial charge in [-0.15, -0.1) is 0 Å². The van der Waals surface area contributed by atoms with Crippen molar-refractivity contribution in [3.05, 3.63) is 47.9 Å². The molecular weight excluding hydrogens is 541 g/mol. The number of halogens is 1. The highest BCUT2D eigenvalue weighted by atomic mass is 19.1. The van der Waals surface area contributed by atoms with Crippen LogP contribution < -0.4 is 9.64 Å². The maximum atomic E-state index is 16.4. The average Bonchev–Trinajstić information content (AvgIpc) is 3.20. The number of aromatic nitrogens is 3. The Hall–Kier alpha value is -4.54. The topological polar surface area (TPSA) is 118 Å². The second kappa shape index (κ2) is 10.4. The lowest BCUT2D eigenvalue weighted by Gasteiger charge is -2.42. The van der Waals surface area contributed by atoms with Crippen LogP contribution in [0.25, 0.3) is 32.9 Å². The molecule has 1 N–H and O–H groups in total. The summed E-state index contributed by atoms with van der Waals surface area (Å²) in [5.41, 5.74) is 0.737. The molecule has 2 aromatic heterocycles. The summed E-state index contributed by atoms with van der Waals surface area (Å²) in [5.74, 6) is -0.296. The van der Waals surface area contributed by atoms with Crippen molar-refractivity contribution in [3.8, 4) is 23.0 Å². The fourth-order valence-corrected chi connectivity index (χ4v) is 6.10. The zero-order chi connectivity index (χ0) is 29.8. The minimum absolute atomic E-state index is 0.0129. The monoisotopic (exact) mass is 573 g/mol. The van der Waals surface area contributed by atoms with Gasteiger partial charge >= 0.3 is 12.1 Å². The number of carbonyl (C=O) groups is 2. The van der Waals surface area contributed by atoms with Crippen LogP contribution in [0.15, 0.2) is 36.5 Å². The fraction of sp³-hybridized carbons (Fsp3) is 0.387. The molecule has 1 amide bonds. The summed E-state index contributed by atoms with van der Waals surface area (Å²) in [6, 6.07) is 8.40. The van der Waals surface area contributed by atoms with E-state index in [1.807, 2.05) is 50.8 Å². The molecule has 11 heteroatoms. The van der Waals surface area contributed by atoms with Crippen LogP contribution in [0.3, 0.4) is 0 Å². The van der Waals surface area contributed by atoms with Crippen molar-refractivity contribution in [2.45, 2.75) is 58.2 Å². The summed E-state index contributed by atoms with van der Waals surface area (Å²) in [5, 5.41) is 12.3. The van der Waals surface area contributed by atoms with Crippen molar-refractivity contribution in [2.75, 3.05) is 24.6 Å². The molecule has 2 fully saturated rings. The van der Waals surface area contributed by atoms with Crippen molar-refractivity contribution in [3.63, 3.8) is 0 Å². The molecular formula is C31H32FN5O5. The number of pyridine rings is 1. The van der Waals surface area contributed by atoms with E-state index in [1.54, 1.807) is 11.0 Å². The summed E-state index contributed by atoms with van der Waals surface area (Å²) in [4.78, 5) is 41.3. The van der Waals surface area contributed by atoms with Crippen molar-refractivity contribution in [2.24, 2.45) is 0 Å². The largest absolute Gasteiger partial charge is 0.508 e. The van der Waals surface area contributed by atoms with Crippen molar-refractivity contribution < 1.29 is 28.6 Å². The summed E-state index contributed by atoms with van der Waals surface area (Å²) >= 11 is 0. The second-order valence-corrected chi connectivity index (χ2v) is 11.8. The molecule has 6 rings (SSSR count). The number of fused-ring (bicyclic) bond motifs is 4. The SMILES string of the molecule is Cc1cccc2cc(O)cc(-c3ncc4c(N5CC6CCC(C5)N6C(=O)OC(C)(C)C)nc(OCC=O)nc4c3F)c12. The molecule has 2 aromatic carbocycles. The number of hydrogen-bond donors (Lipinski definition) is 1. The average molecular weight is 574 g/mol. The first-order chi connectivity index (χ1) is 20.0. The Morgan fingerprint density at radius 2 is 1.90 bits per heavy atom. The van der Waals surface area contributed by atoms with Crippen LogP contribution in [-0.2, 0) is 9.53 Å². The normalized spacial score (nSPS) is 18.5. The number of anilines is 1. The molecule has 2 aliphatic rings. The molecule has 42 heavy (non-hydrogen) atoms. The van der Waals surface area contributed by atoms with E-state index in [-0.39, 0.29) is 47.8 Å². The van der Waals surface area contributed by atoms with E-state index < -0.39 is 11.4 Å². The number of rotatable bonds is 5. The van der Waals surface area contributed by atoms with Gasteiger partial charge in [0.15, 0.2) is 12.1 Å². The van der Waals surface area contributed by atoms with Crippen LogP contribution in [0.1, 0.15) is 39.2 Å². The van der Waals surface area contributed by atoms with Crippen molar-refractivity contribution in [1.82, 2.24) is 19.9 Å². The summed E-state index contributed by atoms with van der Waals surface area (Å²) in [6.45, 7) is 8.05. The predicted octanol–water partition coefficient (Wildman–Crippen LogP) is 5.16. The molecule has 10 nitrogen and oxygen atoms in total. The zero-order valence-electron chi connectivity index (χ0n) is 23.9. The Morgan fingerprint density at radius 3 is 2.60 bits per heavy atom. The number of nitrogens with zero attached hydrogens (tertiary/aromatic N) is 5. The molecule has 218 valence electrons. The third-order valence-electron chi connectivity index (χ3n) is 7.74. The zero-order valence-corrected chi connectivity index (χ0v) is 23.9. The van der Waals surface area contributed by atoms with Gasteiger partial charge in [-0.1, -0.05) is 18.2 Å². The lowest BCUT2D eigenvalue weighted by Crippen LogP contribution is -2.57. The van der Waals surface area contributed by atoms with E-state index >= 15 is 4.39 Å². The molecule has 2 unspecified atom stereocenters. The molecule has 4 heterocycles. The van der Waals surface area contributed by atoms with Crippen LogP contribution >= 0.6 is 0 Å². The maximum Gasteiger partial charge on any atom is 0.410 e. The molecule has 0 saturated carbocycles. The summed E-state index contributed by atoms with van der Waals surface area (Å²) in [6.07, 6.45) is 3.37. The Balaban J connectivity index is 1.45. The number of piperazine rings is 1. The van der Waals surface area contributed by atoms with E-state index in [9.17, 15) is 14.7 Å². The number of phenolic OH excluding ortho intramolecular Hbond substituents is 1. The van der Waals surface area contributed by atoms with E-state index in [2.05, 4.69) is 15.0 Å². The maximum absolute atomic E-state index is 16.4. The number of ether oxygens (including phenoxy) is 2. The number of aromatic hydroxyl groups is 1. The molecule has 2 atom stereocenters. The van der Waals surface area contributed by atoms with E-state index in [1.165, 1.54) is 12.3 Å². The van der Waals surface area contributed by atoms with Gasteiger partial charge in [-0.05, 0) is 69.0 Å². The number of carbonyl (C=O) groups excluding carboxylic acids is 2. The highest BCUT2D eigenvalue weighted by Gasteiger charge is 2.45. The molecule has 0 radical (unpaired) electrons. The number of hydrogen-bond acceptors (Lipinski definition) is 9. The van der Waals surface area contributed by atoms with E-state index in [0.717, 1.165) is 29.2 Å². The number of amides is 1. The third-order valence-corrected chi connectivity index (χ3v) is 7.74. The first-order valence-electron chi connectivity index (χ1n) is 14.0. The Labute approximate surface area is 242 Å². The van der Waals surface area contributed by atoms with Gasteiger partial charge in [-0.25, -0.2) is 9.18 Å². The van der Waals surface area contributed by atoms with Crippen LogP contribution in [0.5, 0.6) is 11.8 Å². The lowest BCUT2D eigenvalue weighted by atomic mass is 9.96. The minimum atomic E-state index is -0.697. The first kappa shape index (κ1) is 27.6. The van der Waals surface area contributed by atoms with Crippen LogP contribution in [-0.4, -0.2) is 74.7 Å². The van der Waals surface area contributed by atoms with Gasteiger partial charge < -0.3 is 19.5 Å². The smallest absolute Gasteiger partial charge is 0.410 e. The summed E-state index contributed by atoms with van der Waals surface area (Å²) < 4.78 is 27.6. The third kappa shape index (κ3) is 4.93. The van der Waals surface area contributed by atoms with Gasteiger partial charge in [0.05, 0.1) is 17.5 Å². The van der Waals surface area contributed by atoms with Gasteiger partial charge in [0.1, 0.15) is 35.0 Å². The summed E-state index contributed by atoms with van der Waals surface area (Å²) in [7, 11) is 0. The molecule has 2 bridgehead atoms. The lowest BCUT2D eigenvalue weighted by molar-refractivity contribution is -0.109. The number of aryl methyl sites for hydroxylation is 1. The van der Waals surface area contributed by atoms with Crippen molar-refractivity contribution in [1.29, 1.82) is 0 Å². The van der Waals surface area contributed by atoms with Gasteiger partial charge in [-0.3, -0.25) is 14.7 Å². The Morgan fingerprint density at radius 1 is 1.17 bits per heavy atom. The molecule has 2 saturated heterocycles. The van der Waals surface area contributed by atoms with Gasteiger partial charge in [-0.2, -0.15) is 9.97 Å². The molecule has 0 aliphatic carbocycles. The Bertz CT molecular complexity index is 1710. The number of phenols is 1. The minimum Gasteiger partial charge on any atom is -0.508 e. The van der Waals surface area contributed by atoms with E-state index in [0.29, 0.717) is 36.1 Å². The number of aldehydes is 1. The first-order valence-corrected chi connectivity index (χ1v) is 14.0. The Kier molecular flexibility index (Phi) is 6.83.